The van der Waals surface area contributed by atoms with E-state index in [-0.39, 0.29) is 6.09 Å². The number of nitrogens with two attached hydrogens (primary N) is 1. The maximum atomic E-state index is 11.5. The highest BCUT2D eigenvalue weighted by atomic mass is 16.6. The Morgan fingerprint density at radius 3 is 2.62 bits per heavy atom. The Balaban J connectivity index is 2.33. The van der Waals surface area contributed by atoms with Gasteiger partial charge in [-0.15, -0.1) is 0 Å². The topological polar surface area (TPSA) is 55.6 Å². The number of nitrogens with zero attached hydrogens (tertiary/aromatic N) is 1. The van der Waals surface area contributed by atoms with Gasteiger partial charge in [-0.2, -0.15) is 0 Å². The molecule has 16 heavy (non-hydrogen) atoms. The molecule has 1 amide bonds. The highest BCUT2D eigenvalue weighted by Gasteiger charge is 2.24. The molecule has 0 spiro atoms. The van der Waals surface area contributed by atoms with E-state index in [9.17, 15) is 4.79 Å². The van der Waals surface area contributed by atoms with Gasteiger partial charge >= 0.3 is 6.09 Å². The molecule has 0 atom stereocenters. The smallest absolute Gasteiger partial charge is 0.409 e. The molecule has 0 aliphatic carbocycles. The molecule has 1 fully saturated rings. The van der Waals surface area contributed by atoms with Crippen LogP contribution in [-0.2, 0) is 4.74 Å². The van der Waals surface area contributed by atoms with Crippen LogP contribution in [0.2, 0.25) is 0 Å². The van der Waals surface area contributed by atoms with Crippen molar-refractivity contribution in [2.24, 2.45) is 11.7 Å². The molecule has 1 rings (SSSR count). The molecule has 92 valence electrons. The highest BCUT2D eigenvalue weighted by molar-refractivity contribution is 5.67. The van der Waals surface area contributed by atoms with Crippen LogP contribution in [0.5, 0.6) is 0 Å². The summed E-state index contributed by atoms with van der Waals surface area (Å²) in [7, 11) is 0. The summed E-state index contributed by atoms with van der Waals surface area (Å²) in [6.07, 6.45) is 2.67. The van der Waals surface area contributed by atoms with Crippen LogP contribution in [0.25, 0.3) is 0 Å². The standard InChI is InChI=1S/C12H22N2O2/c1-3-16-12(15)14-8-5-11(6-9-14)10(2)4-7-13/h11H,2-9,13H2,1H3. The fraction of sp³-hybridized carbons (Fsp3) is 0.750. The van der Waals surface area contributed by atoms with E-state index < -0.39 is 0 Å². The number of carbonyl (C=O) groups is 1. The molecule has 0 aromatic rings. The third kappa shape index (κ3) is 3.52. The van der Waals surface area contributed by atoms with E-state index in [4.69, 9.17) is 10.5 Å². The Kier molecular flexibility index (Phi) is 5.32. The monoisotopic (exact) mass is 226 g/mol. The molecule has 4 heteroatoms. The van der Waals surface area contributed by atoms with Gasteiger partial charge in [0.2, 0.25) is 0 Å². The summed E-state index contributed by atoms with van der Waals surface area (Å²) in [5.74, 6) is 0.522. The first kappa shape index (κ1) is 13.0. The normalized spacial score (nSPS) is 17.2. The lowest BCUT2D eigenvalue weighted by molar-refractivity contribution is 0.0943. The van der Waals surface area contributed by atoms with Crippen molar-refractivity contribution in [1.82, 2.24) is 4.90 Å². The van der Waals surface area contributed by atoms with Crippen molar-refractivity contribution in [3.8, 4) is 0 Å². The number of likely N-dealkylation sites (tertiary alicyclic amines) is 1. The van der Waals surface area contributed by atoms with Crippen molar-refractivity contribution in [2.75, 3.05) is 26.2 Å². The van der Waals surface area contributed by atoms with Gasteiger partial charge in [0.05, 0.1) is 6.61 Å². The average Bonchev–Trinajstić information content (AvgIpc) is 2.30. The van der Waals surface area contributed by atoms with E-state index in [2.05, 4.69) is 6.58 Å². The first-order valence-electron chi connectivity index (χ1n) is 5.98. The van der Waals surface area contributed by atoms with Gasteiger partial charge in [0.1, 0.15) is 0 Å². The van der Waals surface area contributed by atoms with Crippen LogP contribution in [0.1, 0.15) is 26.2 Å². The zero-order valence-corrected chi connectivity index (χ0v) is 10.1. The van der Waals surface area contributed by atoms with E-state index in [1.54, 1.807) is 4.90 Å². The first-order chi connectivity index (χ1) is 7.69. The number of carbonyl (C=O) groups excluding carboxylic acids is 1. The SMILES string of the molecule is C=C(CCN)C1CCN(C(=O)OCC)CC1. The molecule has 0 aromatic carbocycles. The summed E-state index contributed by atoms with van der Waals surface area (Å²) in [6, 6.07) is 0. The van der Waals surface area contributed by atoms with Crippen LogP contribution in [0, 0.1) is 5.92 Å². The quantitative estimate of drug-likeness (QED) is 0.743. The minimum absolute atomic E-state index is 0.189. The number of rotatable bonds is 4. The van der Waals surface area contributed by atoms with E-state index in [1.165, 1.54) is 5.57 Å². The largest absolute Gasteiger partial charge is 0.450 e. The van der Waals surface area contributed by atoms with E-state index in [0.717, 1.165) is 32.4 Å². The van der Waals surface area contributed by atoms with Crippen LogP contribution in [0.15, 0.2) is 12.2 Å². The summed E-state index contributed by atoms with van der Waals surface area (Å²) in [6.45, 7) is 8.54. The lowest BCUT2D eigenvalue weighted by Gasteiger charge is -2.32. The van der Waals surface area contributed by atoms with Gasteiger partial charge in [0.15, 0.2) is 0 Å². The number of amides is 1. The maximum Gasteiger partial charge on any atom is 0.409 e. The molecular formula is C12H22N2O2. The molecule has 0 bridgehead atoms. The predicted molar refractivity (Wildman–Crippen MR) is 64.1 cm³/mol. The number of piperidine rings is 1. The van der Waals surface area contributed by atoms with Crippen molar-refractivity contribution in [1.29, 1.82) is 0 Å². The first-order valence-corrected chi connectivity index (χ1v) is 5.98. The molecule has 0 unspecified atom stereocenters. The van der Waals surface area contributed by atoms with Gasteiger partial charge in [0, 0.05) is 13.1 Å². The van der Waals surface area contributed by atoms with Crippen LogP contribution in [-0.4, -0.2) is 37.2 Å². The van der Waals surface area contributed by atoms with Crippen LogP contribution in [0.4, 0.5) is 4.79 Å². The van der Waals surface area contributed by atoms with Crippen LogP contribution < -0.4 is 5.73 Å². The highest BCUT2D eigenvalue weighted by Crippen LogP contribution is 2.25. The molecule has 0 radical (unpaired) electrons. The third-order valence-corrected chi connectivity index (χ3v) is 3.06. The summed E-state index contributed by atoms with van der Waals surface area (Å²) in [5, 5.41) is 0. The minimum atomic E-state index is -0.189. The lowest BCUT2D eigenvalue weighted by Crippen LogP contribution is -2.39. The molecule has 2 N–H and O–H groups in total. The Bertz CT molecular complexity index is 219. The van der Waals surface area contributed by atoms with Gasteiger partial charge in [-0.3, -0.25) is 0 Å². The Morgan fingerprint density at radius 2 is 2.12 bits per heavy atom. The molecule has 1 saturated heterocycles. The maximum absolute atomic E-state index is 11.5. The number of hydrogen-bond donors (Lipinski definition) is 1. The Hall–Kier alpha value is -1.03. The van der Waals surface area contributed by atoms with Crippen molar-refractivity contribution in [2.45, 2.75) is 26.2 Å². The van der Waals surface area contributed by atoms with E-state index in [1.807, 2.05) is 6.92 Å². The van der Waals surface area contributed by atoms with Crippen molar-refractivity contribution in [3.05, 3.63) is 12.2 Å². The molecule has 0 saturated carbocycles. The van der Waals surface area contributed by atoms with Gasteiger partial charge < -0.3 is 15.4 Å². The summed E-state index contributed by atoms with van der Waals surface area (Å²) >= 11 is 0. The van der Waals surface area contributed by atoms with Crippen LogP contribution in [0.3, 0.4) is 0 Å². The van der Waals surface area contributed by atoms with E-state index in [0.29, 0.717) is 19.1 Å². The fourth-order valence-electron chi connectivity index (χ4n) is 2.07. The molecule has 1 aliphatic rings. The fourth-order valence-corrected chi connectivity index (χ4v) is 2.07. The Morgan fingerprint density at radius 1 is 1.50 bits per heavy atom. The average molecular weight is 226 g/mol. The Labute approximate surface area is 97.4 Å². The lowest BCUT2D eigenvalue weighted by atomic mass is 9.88. The molecule has 1 aliphatic heterocycles. The van der Waals surface area contributed by atoms with Gasteiger partial charge in [0.25, 0.3) is 0 Å². The second-order valence-electron chi connectivity index (χ2n) is 4.16. The molecule has 4 nitrogen and oxygen atoms in total. The third-order valence-electron chi connectivity index (χ3n) is 3.06. The minimum Gasteiger partial charge on any atom is -0.450 e. The predicted octanol–water partition coefficient (Wildman–Crippen LogP) is 1.76. The summed E-state index contributed by atoms with van der Waals surface area (Å²) in [5.41, 5.74) is 6.73. The zero-order valence-electron chi connectivity index (χ0n) is 10.1. The van der Waals surface area contributed by atoms with Crippen molar-refractivity contribution >= 4 is 6.09 Å². The molecule has 0 aromatic heterocycles. The van der Waals surface area contributed by atoms with Gasteiger partial charge in [-0.25, -0.2) is 4.79 Å². The molecular weight excluding hydrogens is 204 g/mol. The van der Waals surface area contributed by atoms with Crippen LogP contribution >= 0.6 is 0 Å². The summed E-state index contributed by atoms with van der Waals surface area (Å²) in [4.78, 5) is 13.2. The van der Waals surface area contributed by atoms with Crippen molar-refractivity contribution in [3.63, 3.8) is 0 Å². The second kappa shape index (κ2) is 6.53. The van der Waals surface area contributed by atoms with Crippen molar-refractivity contribution < 1.29 is 9.53 Å². The van der Waals surface area contributed by atoms with Gasteiger partial charge in [-0.05, 0) is 38.6 Å². The second-order valence-corrected chi connectivity index (χ2v) is 4.16. The van der Waals surface area contributed by atoms with Gasteiger partial charge in [-0.1, -0.05) is 12.2 Å². The summed E-state index contributed by atoms with van der Waals surface area (Å²) < 4.78 is 4.97. The number of hydrogen-bond acceptors (Lipinski definition) is 3. The van der Waals surface area contributed by atoms with E-state index >= 15 is 0 Å². The number of ether oxygens (including phenoxy) is 1. The molecule has 1 heterocycles. The zero-order chi connectivity index (χ0) is 12.0.